The summed E-state index contributed by atoms with van der Waals surface area (Å²) in [5.41, 5.74) is 6.62. The number of rotatable bonds is 5. The zero-order valence-electron chi connectivity index (χ0n) is 24.0. The number of hydrogen-bond acceptors (Lipinski definition) is 4. The fourth-order valence-corrected chi connectivity index (χ4v) is 5.98. The van der Waals surface area contributed by atoms with Crippen LogP contribution in [0.3, 0.4) is 0 Å². The third kappa shape index (κ3) is 4.97. The van der Waals surface area contributed by atoms with E-state index in [1.807, 2.05) is 24.5 Å². The molecule has 0 N–H and O–H groups in total. The number of fused-ring (bicyclic) bond motifs is 3. The standard InChI is InChI=1S/C40H28N4/c1-3-7-27(8-4-1)29-11-16-32(17-12-29)38-42-39(33-18-13-30(14-19-33)28-9-5-2-6-10-28)44-40(43-38)35-21-22-36-34(25-35)20-15-31-23-24-41-26-37(31)36/h1-20,22-26,35H,21H2. The third-order valence-electron chi connectivity index (χ3n) is 8.34. The van der Waals surface area contributed by atoms with Crippen molar-refractivity contribution in [2.75, 3.05) is 0 Å². The van der Waals surface area contributed by atoms with Gasteiger partial charge in [-0.15, -0.1) is 0 Å². The molecule has 1 unspecified atom stereocenters. The van der Waals surface area contributed by atoms with E-state index in [0.29, 0.717) is 11.6 Å². The van der Waals surface area contributed by atoms with Gasteiger partial charge in [-0.1, -0.05) is 133 Å². The maximum absolute atomic E-state index is 5.07. The molecular formula is C40H28N4. The molecule has 1 atom stereocenters. The minimum absolute atomic E-state index is 0.0318. The van der Waals surface area contributed by atoms with Gasteiger partial charge in [-0.25, -0.2) is 15.0 Å². The molecule has 0 bridgehead atoms. The number of aromatic nitrogens is 4. The normalized spacial score (nSPS) is 14.0. The van der Waals surface area contributed by atoms with E-state index in [2.05, 4.69) is 132 Å². The summed E-state index contributed by atoms with van der Waals surface area (Å²) in [5, 5.41) is 4.79. The van der Waals surface area contributed by atoms with Gasteiger partial charge in [0.05, 0.1) is 0 Å². The molecule has 0 saturated carbocycles. The van der Waals surface area contributed by atoms with Gasteiger partial charge in [-0.3, -0.25) is 4.98 Å². The molecule has 0 fully saturated rings. The lowest BCUT2D eigenvalue weighted by Gasteiger charge is -2.16. The number of hydrogen-bond donors (Lipinski definition) is 0. The van der Waals surface area contributed by atoms with Crippen LogP contribution in [-0.2, 0) is 0 Å². The third-order valence-corrected chi connectivity index (χ3v) is 8.34. The van der Waals surface area contributed by atoms with Crippen molar-refractivity contribution in [1.82, 2.24) is 19.9 Å². The van der Waals surface area contributed by atoms with E-state index in [1.54, 1.807) is 0 Å². The summed E-state index contributed by atoms with van der Waals surface area (Å²) >= 11 is 0. The Morgan fingerprint density at radius 1 is 0.500 bits per heavy atom. The van der Waals surface area contributed by atoms with Gasteiger partial charge in [0.1, 0.15) is 5.82 Å². The van der Waals surface area contributed by atoms with Crippen LogP contribution in [0.5, 0.6) is 0 Å². The molecule has 0 radical (unpaired) electrons. The largest absolute Gasteiger partial charge is 0.264 e. The number of nitrogens with zero attached hydrogens (tertiary/aromatic N) is 4. The Bertz CT molecular complexity index is 2120. The van der Waals surface area contributed by atoms with E-state index in [-0.39, 0.29) is 5.92 Å². The van der Waals surface area contributed by atoms with E-state index in [4.69, 9.17) is 15.0 Å². The Morgan fingerprint density at radius 2 is 1.05 bits per heavy atom. The van der Waals surface area contributed by atoms with Gasteiger partial charge in [0.2, 0.25) is 0 Å². The van der Waals surface area contributed by atoms with Gasteiger partial charge < -0.3 is 0 Å². The average molecular weight is 565 g/mol. The zero-order chi connectivity index (χ0) is 29.3. The van der Waals surface area contributed by atoms with Crippen LogP contribution in [0.4, 0.5) is 0 Å². The van der Waals surface area contributed by atoms with Crippen molar-refractivity contribution in [3.8, 4) is 45.0 Å². The van der Waals surface area contributed by atoms with Crippen molar-refractivity contribution >= 4 is 22.9 Å². The predicted octanol–water partition coefficient (Wildman–Crippen LogP) is 7.84. The Kier molecular flexibility index (Phi) is 6.58. The van der Waals surface area contributed by atoms with Crippen LogP contribution in [-0.4, -0.2) is 19.9 Å². The monoisotopic (exact) mass is 564 g/mol. The van der Waals surface area contributed by atoms with Crippen molar-refractivity contribution in [1.29, 1.82) is 0 Å². The zero-order valence-corrected chi connectivity index (χ0v) is 24.0. The lowest BCUT2D eigenvalue weighted by molar-refractivity contribution is 0.809. The summed E-state index contributed by atoms with van der Waals surface area (Å²) in [6.07, 6.45) is 9.20. The topological polar surface area (TPSA) is 51.6 Å². The van der Waals surface area contributed by atoms with Gasteiger partial charge in [0.25, 0.3) is 0 Å². The average Bonchev–Trinajstić information content (AvgIpc) is 3.12. The van der Waals surface area contributed by atoms with E-state index < -0.39 is 0 Å². The fourth-order valence-electron chi connectivity index (χ4n) is 5.98. The van der Waals surface area contributed by atoms with Gasteiger partial charge in [0, 0.05) is 34.8 Å². The second-order valence-corrected chi connectivity index (χ2v) is 11.1. The molecule has 7 aromatic rings. The summed E-state index contributed by atoms with van der Waals surface area (Å²) < 4.78 is 0. The highest BCUT2D eigenvalue weighted by Crippen LogP contribution is 2.29. The molecule has 5 aromatic carbocycles. The van der Waals surface area contributed by atoms with Crippen LogP contribution >= 0.6 is 0 Å². The van der Waals surface area contributed by atoms with E-state index >= 15 is 0 Å². The Labute approximate surface area is 255 Å². The highest BCUT2D eigenvalue weighted by atomic mass is 15.0. The van der Waals surface area contributed by atoms with Gasteiger partial charge in [-0.05, 0) is 50.6 Å². The molecule has 44 heavy (non-hydrogen) atoms. The SMILES string of the molecule is C1=c2ccc3ccncc3c2=CCC1c1nc(-c2ccc(-c3ccccc3)cc2)nc(-c2ccc(-c3ccccc3)cc2)n1. The number of benzene rings is 5. The molecule has 1 aliphatic carbocycles. The van der Waals surface area contributed by atoms with Crippen molar-refractivity contribution in [2.45, 2.75) is 12.3 Å². The molecule has 0 saturated heterocycles. The lowest BCUT2D eigenvalue weighted by Crippen LogP contribution is -2.29. The Balaban J connectivity index is 1.22. The van der Waals surface area contributed by atoms with Gasteiger partial charge in [0.15, 0.2) is 11.6 Å². The number of pyridine rings is 1. The van der Waals surface area contributed by atoms with Crippen LogP contribution in [0.15, 0.2) is 140 Å². The smallest absolute Gasteiger partial charge is 0.163 e. The first-order chi connectivity index (χ1) is 21.8. The van der Waals surface area contributed by atoms with Gasteiger partial charge in [-0.2, -0.15) is 0 Å². The van der Waals surface area contributed by atoms with Crippen molar-refractivity contribution in [3.63, 3.8) is 0 Å². The van der Waals surface area contributed by atoms with Crippen LogP contribution in [0.25, 0.3) is 68.0 Å². The molecule has 208 valence electrons. The van der Waals surface area contributed by atoms with Crippen LogP contribution in [0.1, 0.15) is 18.2 Å². The van der Waals surface area contributed by atoms with E-state index in [1.165, 1.54) is 32.3 Å². The van der Waals surface area contributed by atoms with E-state index in [9.17, 15) is 0 Å². The summed E-state index contributed by atoms with van der Waals surface area (Å²) in [5.74, 6) is 2.17. The Morgan fingerprint density at radius 3 is 1.64 bits per heavy atom. The molecule has 0 amide bonds. The summed E-state index contributed by atoms with van der Waals surface area (Å²) in [4.78, 5) is 19.5. The van der Waals surface area contributed by atoms with Crippen LogP contribution in [0, 0.1) is 0 Å². The highest BCUT2D eigenvalue weighted by Gasteiger charge is 2.19. The van der Waals surface area contributed by atoms with E-state index in [0.717, 1.165) is 34.5 Å². The highest BCUT2D eigenvalue weighted by molar-refractivity contribution is 5.83. The van der Waals surface area contributed by atoms with Gasteiger partial charge >= 0.3 is 0 Å². The second kappa shape index (κ2) is 11.2. The van der Waals surface area contributed by atoms with Crippen molar-refractivity contribution in [3.05, 3.63) is 156 Å². The molecule has 0 aliphatic heterocycles. The van der Waals surface area contributed by atoms with Crippen LogP contribution < -0.4 is 10.4 Å². The quantitative estimate of drug-likeness (QED) is 0.214. The van der Waals surface area contributed by atoms with Crippen molar-refractivity contribution < 1.29 is 0 Å². The first-order valence-corrected chi connectivity index (χ1v) is 14.9. The molecular weight excluding hydrogens is 536 g/mol. The first-order valence-electron chi connectivity index (χ1n) is 14.9. The molecule has 4 nitrogen and oxygen atoms in total. The Hall–Kier alpha value is -5.74. The first kappa shape index (κ1) is 25.9. The minimum Gasteiger partial charge on any atom is -0.264 e. The fraction of sp³-hybridized carbons (Fsp3) is 0.0500. The molecule has 2 heterocycles. The summed E-state index contributed by atoms with van der Waals surface area (Å²) in [6, 6.07) is 44.2. The molecule has 8 rings (SSSR count). The molecule has 0 spiro atoms. The second-order valence-electron chi connectivity index (χ2n) is 11.1. The van der Waals surface area contributed by atoms with Crippen LogP contribution in [0.2, 0.25) is 0 Å². The lowest BCUT2D eigenvalue weighted by atomic mass is 9.94. The summed E-state index contributed by atoms with van der Waals surface area (Å²) in [6.45, 7) is 0. The molecule has 1 aliphatic rings. The van der Waals surface area contributed by atoms with Crippen molar-refractivity contribution in [2.24, 2.45) is 0 Å². The minimum atomic E-state index is 0.0318. The maximum atomic E-state index is 5.07. The molecule has 4 heteroatoms. The molecule has 2 aromatic heterocycles. The maximum Gasteiger partial charge on any atom is 0.163 e. The summed E-state index contributed by atoms with van der Waals surface area (Å²) in [7, 11) is 0. The predicted molar refractivity (Wildman–Crippen MR) is 179 cm³/mol.